The minimum absolute atomic E-state index is 0.0739. The average Bonchev–Trinajstić information content (AvgIpc) is 3.06. The smallest absolute Gasteiger partial charge is 0.225 e. The molecule has 2 N–H and O–H groups in total. The van der Waals surface area contributed by atoms with Gasteiger partial charge in [-0.2, -0.15) is 0 Å². The summed E-state index contributed by atoms with van der Waals surface area (Å²) in [7, 11) is 0. The number of nitrogens with zero attached hydrogens (tertiary/aromatic N) is 3. The summed E-state index contributed by atoms with van der Waals surface area (Å²) in [5.41, 5.74) is 0. The maximum Gasteiger partial charge on any atom is 0.225 e. The van der Waals surface area contributed by atoms with Crippen molar-refractivity contribution in [3.05, 3.63) is 0 Å². The van der Waals surface area contributed by atoms with E-state index in [4.69, 9.17) is 4.99 Å². The van der Waals surface area contributed by atoms with Crippen LogP contribution < -0.4 is 10.6 Å². The van der Waals surface area contributed by atoms with Gasteiger partial charge in [-0.1, -0.05) is 27.7 Å². The van der Waals surface area contributed by atoms with Crippen molar-refractivity contribution in [2.75, 3.05) is 45.8 Å². The third-order valence-corrected chi connectivity index (χ3v) is 4.66. The predicted octanol–water partition coefficient (Wildman–Crippen LogP) is 2.31. The van der Waals surface area contributed by atoms with Crippen LogP contribution in [0.3, 0.4) is 0 Å². The molecule has 0 aromatic rings. The number of aliphatic imine (C=N–C) groups is 1. The second-order valence-corrected chi connectivity index (χ2v) is 7.52. The van der Waals surface area contributed by atoms with E-state index in [0.29, 0.717) is 6.04 Å². The SMILES string of the molecule is CCCN(CCC)CCCN=C(NCC)NC1CCN(C(=O)C(C)C)C1. The van der Waals surface area contributed by atoms with Crippen LogP contribution in [0.25, 0.3) is 0 Å². The predicted molar refractivity (Wildman–Crippen MR) is 111 cm³/mol. The van der Waals surface area contributed by atoms with Crippen LogP contribution in [0.5, 0.6) is 0 Å². The minimum Gasteiger partial charge on any atom is -0.357 e. The second-order valence-electron chi connectivity index (χ2n) is 7.52. The van der Waals surface area contributed by atoms with Gasteiger partial charge >= 0.3 is 0 Å². The molecule has 1 heterocycles. The van der Waals surface area contributed by atoms with Gasteiger partial charge in [0.1, 0.15) is 0 Å². The topological polar surface area (TPSA) is 60.0 Å². The molecule has 0 saturated carbocycles. The molecule has 1 aliphatic heterocycles. The standard InChI is InChI=1S/C20H41N5O/c1-6-12-24(13-7-2)14-9-11-22-20(21-8-3)23-18-10-15-25(16-18)19(26)17(4)5/h17-18H,6-16H2,1-5H3,(H2,21,22,23). The van der Waals surface area contributed by atoms with Gasteiger partial charge in [-0.15, -0.1) is 0 Å². The lowest BCUT2D eigenvalue weighted by Gasteiger charge is -2.21. The van der Waals surface area contributed by atoms with Crippen LogP contribution in [-0.4, -0.2) is 73.5 Å². The first-order valence-corrected chi connectivity index (χ1v) is 10.6. The number of nitrogens with one attached hydrogen (secondary N) is 2. The summed E-state index contributed by atoms with van der Waals surface area (Å²) >= 11 is 0. The van der Waals surface area contributed by atoms with Crippen molar-refractivity contribution in [3.63, 3.8) is 0 Å². The molecule has 1 fully saturated rings. The van der Waals surface area contributed by atoms with Gasteiger partial charge in [-0.3, -0.25) is 9.79 Å². The molecule has 0 aromatic heterocycles. The van der Waals surface area contributed by atoms with Gasteiger partial charge in [-0.25, -0.2) is 0 Å². The van der Waals surface area contributed by atoms with E-state index in [1.807, 2.05) is 18.7 Å². The molecule has 0 aliphatic carbocycles. The summed E-state index contributed by atoms with van der Waals surface area (Å²) in [6.07, 6.45) is 4.49. The number of hydrogen-bond acceptors (Lipinski definition) is 3. The van der Waals surface area contributed by atoms with E-state index in [2.05, 4.69) is 36.3 Å². The van der Waals surface area contributed by atoms with Crippen molar-refractivity contribution in [2.24, 2.45) is 10.9 Å². The highest BCUT2D eigenvalue weighted by Gasteiger charge is 2.27. The van der Waals surface area contributed by atoms with Crippen molar-refractivity contribution < 1.29 is 4.79 Å². The lowest BCUT2D eigenvalue weighted by molar-refractivity contribution is -0.133. The number of guanidine groups is 1. The summed E-state index contributed by atoms with van der Waals surface area (Å²) in [5, 5.41) is 6.85. The minimum atomic E-state index is 0.0739. The molecule has 1 rings (SSSR count). The molecule has 152 valence electrons. The highest BCUT2D eigenvalue weighted by atomic mass is 16.2. The zero-order valence-electron chi connectivity index (χ0n) is 17.7. The monoisotopic (exact) mass is 367 g/mol. The number of amides is 1. The first kappa shape index (κ1) is 22.7. The van der Waals surface area contributed by atoms with Gasteiger partial charge < -0.3 is 20.4 Å². The molecular formula is C20H41N5O. The zero-order chi connectivity index (χ0) is 19.4. The van der Waals surface area contributed by atoms with Crippen molar-refractivity contribution in [1.82, 2.24) is 20.4 Å². The molecule has 0 bridgehead atoms. The average molecular weight is 368 g/mol. The summed E-state index contributed by atoms with van der Waals surface area (Å²) in [5.74, 6) is 1.21. The van der Waals surface area contributed by atoms with Crippen molar-refractivity contribution in [3.8, 4) is 0 Å². The molecule has 1 aliphatic rings. The van der Waals surface area contributed by atoms with Crippen molar-refractivity contribution in [1.29, 1.82) is 0 Å². The zero-order valence-corrected chi connectivity index (χ0v) is 17.7. The lowest BCUT2D eigenvalue weighted by atomic mass is 10.2. The quantitative estimate of drug-likeness (QED) is 0.334. The molecular weight excluding hydrogens is 326 g/mol. The highest BCUT2D eigenvalue weighted by Crippen LogP contribution is 2.12. The second kappa shape index (κ2) is 13.0. The van der Waals surface area contributed by atoms with E-state index in [1.54, 1.807) is 0 Å². The maximum atomic E-state index is 12.1. The van der Waals surface area contributed by atoms with Crippen molar-refractivity contribution >= 4 is 11.9 Å². The van der Waals surface area contributed by atoms with E-state index in [-0.39, 0.29) is 11.8 Å². The van der Waals surface area contributed by atoms with Gasteiger partial charge in [0.2, 0.25) is 5.91 Å². The Bertz CT molecular complexity index is 418. The Morgan fingerprint density at radius 2 is 1.88 bits per heavy atom. The van der Waals surface area contributed by atoms with Crippen LogP contribution in [0.2, 0.25) is 0 Å². The van der Waals surface area contributed by atoms with Crippen LogP contribution in [0.4, 0.5) is 0 Å². The van der Waals surface area contributed by atoms with E-state index in [9.17, 15) is 4.79 Å². The molecule has 26 heavy (non-hydrogen) atoms. The third-order valence-electron chi connectivity index (χ3n) is 4.66. The Hall–Kier alpha value is -1.30. The van der Waals surface area contributed by atoms with Crippen LogP contribution in [0.15, 0.2) is 4.99 Å². The summed E-state index contributed by atoms with van der Waals surface area (Å²) < 4.78 is 0. The Morgan fingerprint density at radius 3 is 2.46 bits per heavy atom. The molecule has 0 spiro atoms. The van der Waals surface area contributed by atoms with E-state index in [0.717, 1.165) is 51.5 Å². The molecule has 6 nitrogen and oxygen atoms in total. The van der Waals surface area contributed by atoms with Gasteiger partial charge in [-0.05, 0) is 52.2 Å². The van der Waals surface area contributed by atoms with Gasteiger partial charge in [0.15, 0.2) is 5.96 Å². The lowest BCUT2D eigenvalue weighted by Crippen LogP contribution is -2.45. The van der Waals surface area contributed by atoms with Crippen LogP contribution >= 0.6 is 0 Å². The first-order valence-electron chi connectivity index (χ1n) is 10.6. The van der Waals surface area contributed by atoms with E-state index < -0.39 is 0 Å². The molecule has 0 radical (unpaired) electrons. The molecule has 1 saturated heterocycles. The maximum absolute atomic E-state index is 12.1. The Kier molecular flexibility index (Phi) is 11.3. The molecule has 1 atom stereocenters. The molecule has 1 amide bonds. The first-order chi connectivity index (χ1) is 12.5. The fraction of sp³-hybridized carbons (Fsp3) is 0.900. The number of rotatable bonds is 11. The number of likely N-dealkylation sites (tertiary alicyclic amines) is 1. The summed E-state index contributed by atoms with van der Waals surface area (Å²) in [6.45, 7) is 17.3. The van der Waals surface area contributed by atoms with Crippen LogP contribution in [-0.2, 0) is 4.79 Å². The van der Waals surface area contributed by atoms with Crippen LogP contribution in [0.1, 0.15) is 60.3 Å². The molecule has 6 heteroatoms. The van der Waals surface area contributed by atoms with E-state index >= 15 is 0 Å². The summed E-state index contributed by atoms with van der Waals surface area (Å²) in [6, 6.07) is 0.298. The third kappa shape index (κ3) is 8.39. The summed E-state index contributed by atoms with van der Waals surface area (Å²) in [4.78, 5) is 21.4. The Labute approximate surface area is 160 Å². The number of carbonyl (C=O) groups excluding carboxylic acids is 1. The fourth-order valence-electron chi connectivity index (χ4n) is 3.41. The van der Waals surface area contributed by atoms with Gasteiger partial charge in [0.05, 0.1) is 0 Å². The van der Waals surface area contributed by atoms with Gasteiger partial charge in [0.25, 0.3) is 0 Å². The number of carbonyl (C=O) groups is 1. The molecule has 0 aromatic carbocycles. The van der Waals surface area contributed by atoms with Crippen LogP contribution in [0, 0.1) is 5.92 Å². The van der Waals surface area contributed by atoms with E-state index in [1.165, 1.54) is 25.9 Å². The molecule has 1 unspecified atom stereocenters. The number of hydrogen-bond donors (Lipinski definition) is 2. The van der Waals surface area contributed by atoms with Gasteiger partial charge in [0, 0.05) is 38.1 Å². The largest absolute Gasteiger partial charge is 0.357 e. The van der Waals surface area contributed by atoms with Crippen molar-refractivity contribution in [2.45, 2.75) is 66.3 Å². The fourth-order valence-corrected chi connectivity index (χ4v) is 3.41. The highest BCUT2D eigenvalue weighted by molar-refractivity contribution is 5.81. The Balaban J connectivity index is 2.43. The normalized spacial score (nSPS) is 18.0. The Morgan fingerprint density at radius 1 is 1.19 bits per heavy atom.